The molecule has 1 aliphatic carbocycles. The third-order valence-corrected chi connectivity index (χ3v) is 4.04. The van der Waals surface area contributed by atoms with Crippen molar-refractivity contribution in [3.05, 3.63) is 34.7 Å². The molecule has 1 aliphatic rings. The van der Waals surface area contributed by atoms with Crippen molar-refractivity contribution in [1.82, 2.24) is 4.98 Å². The number of aliphatic hydroxyl groups excluding tert-OH is 1. The van der Waals surface area contributed by atoms with Gasteiger partial charge in [0.25, 0.3) is 5.92 Å². The molecule has 6 heteroatoms. The molecule has 0 aromatic carbocycles. The van der Waals surface area contributed by atoms with Crippen LogP contribution in [-0.2, 0) is 6.42 Å². The molecule has 2 aromatic rings. The molecule has 1 atom stereocenters. The Morgan fingerprint density at radius 2 is 2.33 bits per heavy atom. The van der Waals surface area contributed by atoms with Crippen molar-refractivity contribution in [2.75, 3.05) is 0 Å². The first-order valence-corrected chi connectivity index (χ1v) is 6.33. The van der Waals surface area contributed by atoms with Gasteiger partial charge in [0.15, 0.2) is 7.36 Å². The van der Waals surface area contributed by atoms with E-state index in [1.165, 1.54) is 11.3 Å². The predicted molar refractivity (Wildman–Crippen MR) is 62.3 cm³/mol. The number of halogens is 3. The Hall–Kier alpha value is -1.27. The molecule has 0 aliphatic heterocycles. The second kappa shape index (κ2) is 3.86. The van der Waals surface area contributed by atoms with Crippen LogP contribution in [0.15, 0.2) is 17.5 Å². The Bertz CT molecular complexity index is 623. The second-order valence-electron chi connectivity index (χ2n) is 4.28. The van der Waals surface area contributed by atoms with Gasteiger partial charge < -0.3 is 10.1 Å². The lowest BCUT2D eigenvalue weighted by Gasteiger charge is -2.28. The Morgan fingerprint density at radius 1 is 1.56 bits per heavy atom. The lowest BCUT2D eigenvalue weighted by molar-refractivity contribution is -0.121. The Balaban J connectivity index is 2.27. The summed E-state index contributed by atoms with van der Waals surface area (Å²) in [6.07, 6.45) is -2.76. The van der Waals surface area contributed by atoms with E-state index >= 15 is 0 Å². The summed E-state index contributed by atoms with van der Waals surface area (Å²) in [5.74, 6) is -4.18. The first kappa shape index (κ1) is 10.6. The minimum atomic E-state index is -3.28. The normalized spacial score (nSPS) is 22.7. The predicted octanol–water partition coefficient (Wildman–Crippen LogP) is 3.50. The number of nitrogens with one attached hydrogen (secondary N) is 1. The minimum Gasteiger partial charge on any atom is -0.382 e. The van der Waals surface area contributed by atoms with Gasteiger partial charge in [-0.25, -0.2) is 8.78 Å². The van der Waals surface area contributed by atoms with Crippen LogP contribution in [0.3, 0.4) is 0 Å². The Labute approximate surface area is 107 Å². The molecule has 0 saturated carbocycles. The molecular weight excluding hydrogens is 263 g/mol. The maximum Gasteiger partial charge on any atom is 0.278 e. The van der Waals surface area contributed by atoms with Gasteiger partial charge in [-0.05, 0) is 17.9 Å². The molecule has 0 spiro atoms. The van der Waals surface area contributed by atoms with Gasteiger partial charge in [0.1, 0.15) is 6.10 Å². The fourth-order valence-corrected chi connectivity index (χ4v) is 3.04. The smallest absolute Gasteiger partial charge is 0.278 e. The van der Waals surface area contributed by atoms with Gasteiger partial charge in [0.05, 0.1) is 5.56 Å². The topological polar surface area (TPSA) is 36.0 Å². The van der Waals surface area contributed by atoms with Gasteiger partial charge >= 0.3 is 0 Å². The molecule has 2 N–H and O–H groups in total. The van der Waals surface area contributed by atoms with Crippen LogP contribution in [0, 0.1) is 5.95 Å². The van der Waals surface area contributed by atoms with Crippen LogP contribution < -0.4 is 0 Å². The first-order chi connectivity index (χ1) is 8.93. The van der Waals surface area contributed by atoms with Gasteiger partial charge in [-0.2, -0.15) is 4.39 Å². The van der Waals surface area contributed by atoms with E-state index in [-0.39, 0.29) is 23.2 Å². The maximum absolute atomic E-state index is 14.1. The fourth-order valence-electron chi connectivity index (χ4n) is 2.26. The van der Waals surface area contributed by atoms with Crippen LogP contribution in [0.1, 0.15) is 23.8 Å². The molecule has 1 unspecified atom stereocenters. The number of alkyl halides is 2. The van der Waals surface area contributed by atoms with Crippen LogP contribution in [0.5, 0.6) is 0 Å². The summed E-state index contributed by atoms with van der Waals surface area (Å²) in [6, 6.07) is 3.25. The lowest BCUT2D eigenvalue weighted by atomic mass is 9.89. The minimum absolute atomic E-state index is 0.0770. The number of aromatic nitrogens is 1. The summed E-state index contributed by atoms with van der Waals surface area (Å²) in [5, 5.41) is 11.5. The van der Waals surface area contributed by atoms with Crippen molar-refractivity contribution >= 4 is 11.3 Å². The van der Waals surface area contributed by atoms with E-state index in [1.54, 1.807) is 17.5 Å². The van der Waals surface area contributed by atoms with Crippen LogP contribution >= 0.6 is 11.3 Å². The Kier molecular flexibility index (Phi) is 2.28. The van der Waals surface area contributed by atoms with Gasteiger partial charge in [0, 0.05) is 22.6 Å². The highest BCUT2D eigenvalue weighted by Gasteiger charge is 2.46. The van der Waals surface area contributed by atoms with Crippen molar-refractivity contribution < 1.29 is 19.7 Å². The molecule has 0 saturated heterocycles. The first-order valence-electron chi connectivity index (χ1n) is 5.90. The number of aliphatic hydroxyl groups is 1. The summed E-state index contributed by atoms with van der Waals surface area (Å²) >= 11 is 1.19. The number of aromatic amines is 1. The van der Waals surface area contributed by atoms with Crippen molar-refractivity contribution in [2.45, 2.75) is 24.9 Å². The van der Waals surface area contributed by atoms with Crippen LogP contribution in [-0.4, -0.2) is 16.0 Å². The average molecular weight is 274 g/mol. The molecule has 0 fully saturated rings. The summed E-state index contributed by atoms with van der Waals surface area (Å²) in [7, 11) is 0. The molecule has 96 valence electrons. The second-order valence-corrected chi connectivity index (χ2v) is 5.23. The molecule has 2 heterocycles. The van der Waals surface area contributed by atoms with E-state index < -0.39 is 24.4 Å². The highest BCUT2D eigenvalue weighted by molar-refractivity contribution is 7.13. The van der Waals surface area contributed by atoms with Crippen molar-refractivity contribution in [2.24, 2.45) is 0 Å². The van der Waals surface area contributed by atoms with Crippen LogP contribution in [0.25, 0.3) is 10.4 Å². The van der Waals surface area contributed by atoms with E-state index in [0.29, 0.717) is 9.85 Å². The third kappa shape index (κ3) is 1.59. The molecule has 2 aromatic heterocycles. The van der Waals surface area contributed by atoms with E-state index in [2.05, 4.69) is 0 Å². The highest BCUT2D eigenvalue weighted by Crippen LogP contribution is 2.46. The van der Waals surface area contributed by atoms with Gasteiger partial charge in [-0.1, -0.05) is 6.07 Å². The molecule has 0 amide bonds. The number of H-pyrrole nitrogens is 1. The summed E-state index contributed by atoms with van der Waals surface area (Å²) < 4.78 is 48.9. The highest BCUT2D eigenvalue weighted by atomic mass is 32.1. The fraction of sp³-hybridized carbons (Fsp3) is 0.333. The number of fused-ring (bicyclic) bond motifs is 1. The lowest BCUT2D eigenvalue weighted by Crippen LogP contribution is -2.31. The average Bonchev–Trinajstić information content (AvgIpc) is 2.94. The summed E-state index contributed by atoms with van der Waals surface area (Å²) in [6.45, 7) is 0. The van der Waals surface area contributed by atoms with Gasteiger partial charge in [-0.15, -0.1) is 11.3 Å². The van der Waals surface area contributed by atoms with Gasteiger partial charge in [-0.3, -0.25) is 0 Å². The SMILES string of the molecule is [2H]n1c(F)c(-c2cccs2)c2c1CCC(F)(F)C2O. The Morgan fingerprint density at radius 3 is 3.00 bits per heavy atom. The number of rotatable bonds is 1. The zero-order chi connectivity index (χ0) is 13.8. The molecule has 2 nitrogen and oxygen atoms in total. The van der Waals surface area contributed by atoms with E-state index in [0.717, 1.165) is 0 Å². The largest absolute Gasteiger partial charge is 0.382 e. The molecular formula is C12H10F3NOS. The number of hydrogen-bond acceptors (Lipinski definition) is 2. The van der Waals surface area contributed by atoms with Crippen molar-refractivity contribution in [3.8, 4) is 10.4 Å². The molecule has 18 heavy (non-hydrogen) atoms. The maximum atomic E-state index is 14.1. The van der Waals surface area contributed by atoms with Gasteiger partial charge in [0.2, 0.25) is 0 Å². The van der Waals surface area contributed by atoms with E-state index in [4.69, 9.17) is 1.41 Å². The monoisotopic (exact) mass is 274 g/mol. The van der Waals surface area contributed by atoms with Crippen LogP contribution in [0.4, 0.5) is 13.2 Å². The zero-order valence-electron chi connectivity index (χ0n) is 10.2. The van der Waals surface area contributed by atoms with Crippen molar-refractivity contribution in [3.63, 3.8) is 0 Å². The summed E-state index contributed by atoms with van der Waals surface area (Å²) in [4.78, 5) is 0.958. The number of thiophene rings is 1. The standard InChI is InChI=1S/C12H10F3NOS/c13-11-9(7-2-1-5-18-7)8-6(16-11)3-4-12(14,15)10(8)17/h1-2,5,10,16-17H,3-4H2/i/hD. The molecule has 3 rings (SSSR count). The zero-order valence-corrected chi connectivity index (χ0v) is 9.98. The number of hydrogen-bond donors (Lipinski definition) is 2. The van der Waals surface area contributed by atoms with Crippen molar-refractivity contribution in [1.29, 1.82) is 0 Å². The molecule has 0 radical (unpaired) electrons. The van der Waals surface area contributed by atoms with E-state index in [9.17, 15) is 18.3 Å². The summed E-state index contributed by atoms with van der Waals surface area (Å²) in [5.41, 5.74) is -0.0996. The quantitative estimate of drug-likeness (QED) is 0.820. The van der Waals surface area contributed by atoms with Crippen LogP contribution in [0.2, 0.25) is 1.41 Å². The van der Waals surface area contributed by atoms with E-state index in [1.807, 2.05) is 0 Å². The molecule has 0 bridgehead atoms. The third-order valence-electron chi connectivity index (χ3n) is 3.16.